The van der Waals surface area contributed by atoms with Crippen LogP contribution < -0.4 is 0 Å². The van der Waals surface area contributed by atoms with E-state index in [-0.39, 0.29) is 16.3 Å². The van der Waals surface area contributed by atoms with E-state index in [9.17, 15) is 18.3 Å². The Balaban J connectivity index is 2.25. The van der Waals surface area contributed by atoms with Crippen molar-refractivity contribution in [1.82, 2.24) is 4.31 Å². The molecule has 1 aliphatic carbocycles. The Morgan fingerprint density at radius 3 is 2.67 bits per heavy atom. The topological polar surface area (TPSA) is 83.9 Å². The number of nitrogens with zero attached hydrogens (tertiary/aromatic N) is 1. The minimum absolute atomic E-state index is 0.0335. The summed E-state index contributed by atoms with van der Waals surface area (Å²) in [6.45, 7) is 0.0335. The van der Waals surface area contributed by atoms with Crippen LogP contribution in [-0.4, -0.2) is 50.1 Å². The van der Waals surface area contributed by atoms with E-state index in [4.69, 9.17) is 0 Å². The highest BCUT2D eigenvalue weighted by atomic mass is 32.2. The third kappa shape index (κ3) is 3.28. The maximum Gasteiger partial charge on any atom is 0.349 e. The summed E-state index contributed by atoms with van der Waals surface area (Å²) in [6.07, 6.45) is 2.99. The fraction of sp³-hybridized carbons (Fsp3) is 0.615. The molecule has 0 amide bonds. The summed E-state index contributed by atoms with van der Waals surface area (Å²) in [4.78, 5) is 11.6. The average Bonchev–Trinajstić information content (AvgIpc) is 3.06. The Morgan fingerprint density at radius 2 is 2.10 bits per heavy atom. The Labute approximate surface area is 128 Å². The van der Waals surface area contributed by atoms with Gasteiger partial charge in [0, 0.05) is 13.6 Å². The van der Waals surface area contributed by atoms with Gasteiger partial charge >= 0.3 is 5.97 Å². The highest BCUT2D eigenvalue weighted by molar-refractivity contribution is 7.89. The summed E-state index contributed by atoms with van der Waals surface area (Å²) in [5.41, 5.74) is -0.969. The van der Waals surface area contributed by atoms with Gasteiger partial charge in [0.2, 0.25) is 10.0 Å². The minimum Gasteiger partial charge on any atom is -0.465 e. The van der Waals surface area contributed by atoms with Crippen molar-refractivity contribution < 1.29 is 23.1 Å². The van der Waals surface area contributed by atoms with Gasteiger partial charge in [-0.05, 0) is 24.3 Å². The lowest BCUT2D eigenvalue weighted by Crippen LogP contribution is -2.42. The van der Waals surface area contributed by atoms with Crippen molar-refractivity contribution >= 4 is 27.3 Å². The van der Waals surface area contributed by atoms with E-state index in [0.29, 0.717) is 12.8 Å². The number of carbonyl (C=O) groups excluding carboxylic acids is 1. The van der Waals surface area contributed by atoms with E-state index < -0.39 is 21.6 Å². The zero-order chi connectivity index (χ0) is 15.7. The molecule has 2 rings (SSSR count). The van der Waals surface area contributed by atoms with Crippen molar-refractivity contribution in [3.05, 3.63) is 16.3 Å². The zero-order valence-corrected chi connectivity index (χ0v) is 13.7. The second-order valence-electron chi connectivity index (χ2n) is 5.30. The first-order valence-electron chi connectivity index (χ1n) is 6.65. The molecule has 1 aliphatic rings. The van der Waals surface area contributed by atoms with Crippen LogP contribution in [0.3, 0.4) is 0 Å². The molecular weight excluding hydrogens is 314 g/mol. The number of methoxy groups -OCH3 is 1. The molecule has 0 radical (unpaired) electrons. The van der Waals surface area contributed by atoms with E-state index in [2.05, 4.69) is 4.74 Å². The van der Waals surface area contributed by atoms with Crippen LogP contribution in [0.1, 0.15) is 35.4 Å². The summed E-state index contributed by atoms with van der Waals surface area (Å²) in [7, 11) is -1.19. The molecular formula is C13H19NO5S2. The first-order valence-corrected chi connectivity index (χ1v) is 8.97. The van der Waals surface area contributed by atoms with E-state index in [1.54, 1.807) is 0 Å². The van der Waals surface area contributed by atoms with Gasteiger partial charge in [-0.15, -0.1) is 11.3 Å². The van der Waals surface area contributed by atoms with Gasteiger partial charge in [0.05, 0.1) is 12.7 Å². The predicted molar refractivity (Wildman–Crippen MR) is 78.9 cm³/mol. The molecule has 21 heavy (non-hydrogen) atoms. The zero-order valence-electron chi connectivity index (χ0n) is 12.0. The number of hydrogen-bond acceptors (Lipinski definition) is 6. The maximum atomic E-state index is 12.6. The van der Waals surface area contributed by atoms with E-state index >= 15 is 0 Å². The molecule has 0 atom stereocenters. The van der Waals surface area contributed by atoms with E-state index in [1.165, 1.54) is 25.6 Å². The summed E-state index contributed by atoms with van der Waals surface area (Å²) >= 11 is 1.03. The van der Waals surface area contributed by atoms with Crippen LogP contribution in [0, 0.1) is 0 Å². The fourth-order valence-corrected chi connectivity index (χ4v) is 5.15. The standard InChI is InChI=1S/C13H19NO5S2/c1-14(9-13(16)6-3-4-7-13)21(17,18)10-5-8-20-11(10)12(15)19-2/h5,8,16H,3-4,6-7,9H2,1-2H3. The van der Waals surface area contributed by atoms with Crippen molar-refractivity contribution in [1.29, 1.82) is 0 Å². The number of thiophene rings is 1. The third-order valence-electron chi connectivity index (χ3n) is 3.74. The van der Waals surface area contributed by atoms with E-state index in [0.717, 1.165) is 28.5 Å². The lowest BCUT2D eigenvalue weighted by Gasteiger charge is -2.28. The second-order valence-corrected chi connectivity index (χ2v) is 8.23. The summed E-state index contributed by atoms with van der Waals surface area (Å²) in [6, 6.07) is 1.39. The normalized spacial score (nSPS) is 18.1. The maximum absolute atomic E-state index is 12.6. The molecule has 0 bridgehead atoms. The second kappa shape index (κ2) is 6.04. The molecule has 118 valence electrons. The van der Waals surface area contributed by atoms with Crippen LogP contribution in [0.2, 0.25) is 0 Å². The molecule has 0 aromatic carbocycles. The number of aliphatic hydroxyl groups is 1. The number of hydrogen-bond donors (Lipinski definition) is 1. The first-order chi connectivity index (χ1) is 9.80. The molecule has 8 heteroatoms. The Hall–Kier alpha value is -0.960. The Bertz CT molecular complexity index is 616. The number of ether oxygens (including phenoxy) is 1. The molecule has 0 spiro atoms. The summed E-state index contributed by atoms with van der Waals surface area (Å²) < 4.78 is 30.9. The SMILES string of the molecule is COC(=O)c1sccc1S(=O)(=O)N(C)CC1(O)CCCC1. The highest BCUT2D eigenvalue weighted by Gasteiger charge is 2.37. The molecule has 6 nitrogen and oxygen atoms in total. The van der Waals surface area contributed by atoms with Crippen LogP contribution in [-0.2, 0) is 14.8 Å². The van der Waals surface area contributed by atoms with Crippen molar-refractivity contribution in [3.63, 3.8) is 0 Å². The summed E-state index contributed by atoms with van der Waals surface area (Å²) in [5.74, 6) is -0.670. The lowest BCUT2D eigenvalue weighted by atomic mass is 10.0. The van der Waals surface area contributed by atoms with Gasteiger partial charge in [0.1, 0.15) is 9.77 Å². The molecule has 0 aliphatic heterocycles. The predicted octanol–water partition coefficient (Wildman–Crippen LogP) is 1.46. The van der Waals surface area contributed by atoms with E-state index in [1.807, 2.05) is 0 Å². The van der Waals surface area contributed by atoms with Gasteiger partial charge in [0.15, 0.2) is 0 Å². The molecule has 0 unspecified atom stereocenters. The van der Waals surface area contributed by atoms with Gasteiger partial charge in [-0.2, -0.15) is 4.31 Å². The van der Waals surface area contributed by atoms with Crippen LogP contribution >= 0.6 is 11.3 Å². The van der Waals surface area contributed by atoms with Crippen molar-refractivity contribution in [3.8, 4) is 0 Å². The molecule has 1 saturated carbocycles. The lowest BCUT2D eigenvalue weighted by molar-refractivity contribution is 0.0333. The Morgan fingerprint density at radius 1 is 1.48 bits per heavy atom. The molecule has 1 aromatic rings. The molecule has 1 fully saturated rings. The quantitative estimate of drug-likeness (QED) is 0.825. The first kappa shape index (κ1) is 16.4. The van der Waals surface area contributed by atoms with Gasteiger partial charge < -0.3 is 9.84 Å². The number of esters is 1. The molecule has 1 heterocycles. The smallest absolute Gasteiger partial charge is 0.349 e. The summed E-state index contributed by atoms with van der Waals surface area (Å²) in [5, 5.41) is 11.9. The van der Waals surface area contributed by atoms with Crippen molar-refractivity contribution in [2.75, 3.05) is 20.7 Å². The third-order valence-corrected chi connectivity index (χ3v) is 6.61. The largest absolute Gasteiger partial charge is 0.465 e. The van der Waals surface area contributed by atoms with Gasteiger partial charge in [0.25, 0.3) is 0 Å². The number of rotatable bonds is 5. The number of likely N-dealkylation sites (N-methyl/N-ethyl adjacent to an activating group) is 1. The number of carbonyl (C=O) groups is 1. The molecule has 1 aromatic heterocycles. The van der Waals surface area contributed by atoms with Crippen LogP contribution in [0.25, 0.3) is 0 Å². The molecule has 1 N–H and O–H groups in total. The van der Waals surface area contributed by atoms with Crippen molar-refractivity contribution in [2.24, 2.45) is 0 Å². The van der Waals surface area contributed by atoms with Gasteiger partial charge in [-0.1, -0.05) is 12.8 Å². The number of sulfonamides is 1. The van der Waals surface area contributed by atoms with Crippen LogP contribution in [0.5, 0.6) is 0 Å². The average molecular weight is 333 g/mol. The fourth-order valence-electron chi connectivity index (χ4n) is 2.60. The molecule has 0 saturated heterocycles. The highest BCUT2D eigenvalue weighted by Crippen LogP contribution is 2.32. The van der Waals surface area contributed by atoms with Crippen molar-refractivity contribution in [2.45, 2.75) is 36.2 Å². The van der Waals surface area contributed by atoms with Gasteiger partial charge in [-0.3, -0.25) is 0 Å². The van der Waals surface area contributed by atoms with Gasteiger partial charge in [-0.25, -0.2) is 13.2 Å². The van der Waals surface area contributed by atoms with Crippen LogP contribution in [0.4, 0.5) is 0 Å². The minimum atomic E-state index is -3.82. The Kier molecular flexibility index (Phi) is 4.72. The monoisotopic (exact) mass is 333 g/mol. The van der Waals surface area contributed by atoms with Crippen LogP contribution in [0.15, 0.2) is 16.3 Å².